The van der Waals surface area contributed by atoms with Gasteiger partial charge in [-0.2, -0.15) is 4.91 Å². The van der Waals surface area contributed by atoms with Crippen molar-refractivity contribution in [2.45, 2.75) is 31.1 Å². The zero-order chi connectivity index (χ0) is 20.5. The van der Waals surface area contributed by atoms with Gasteiger partial charge < -0.3 is 15.5 Å². The molecule has 1 saturated heterocycles. The van der Waals surface area contributed by atoms with E-state index in [1.807, 2.05) is 42.5 Å². The summed E-state index contributed by atoms with van der Waals surface area (Å²) in [6.45, 7) is 0.919. The zero-order valence-corrected chi connectivity index (χ0v) is 17.2. The van der Waals surface area contributed by atoms with Gasteiger partial charge in [0.25, 0.3) is 0 Å². The normalized spacial score (nSPS) is 23.8. The van der Waals surface area contributed by atoms with Crippen LogP contribution in [0.5, 0.6) is 0 Å². The molecule has 0 radical (unpaired) electrons. The van der Waals surface area contributed by atoms with E-state index < -0.39 is 6.04 Å². The smallest absolute Gasteiger partial charge is 0.149 e. The van der Waals surface area contributed by atoms with E-state index in [0.29, 0.717) is 5.02 Å². The molecule has 0 spiro atoms. The van der Waals surface area contributed by atoms with E-state index in [1.165, 1.54) is 0 Å². The minimum absolute atomic E-state index is 0.0415. The molecule has 5 nitrogen and oxygen atoms in total. The fourth-order valence-electron chi connectivity index (χ4n) is 4.49. The van der Waals surface area contributed by atoms with E-state index in [-0.39, 0.29) is 12.2 Å². The highest BCUT2D eigenvalue weighted by Crippen LogP contribution is 2.38. The van der Waals surface area contributed by atoms with Crippen LogP contribution in [0.1, 0.15) is 24.0 Å². The van der Waals surface area contributed by atoms with Crippen molar-refractivity contribution in [3.05, 3.63) is 99.7 Å². The molecule has 3 heterocycles. The lowest BCUT2D eigenvalue weighted by Gasteiger charge is -2.30. The third kappa shape index (κ3) is 3.44. The Kier molecular flexibility index (Phi) is 5.15. The van der Waals surface area contributed by atoms with Crippen LogP contribution >= 0.6 is 11.6 Å². The summed E-state index contributed by atoms with van der Waals surface area (Å²) in [5.41, 5.74) is 5.09. The second-order valence-electron chi connectivity index (χ2n) is 7.83. The molecular weight excluding hydrogens is 396 g/mol. The number of benzene rings is 2. The van der Waals surface area contributed by atoms with Gasteiger partial charge in [-0.3, -0.25) is 0 Å². The molecule has 6 heteroatoms. The number of fused-ring (bicyclic) bond motifs is 1. The summed E-state index contributed by atoms with van der Waals surface area (Å²) in [6.07, 6.45) is 8.33. The van der Waals surface area contributed by atoms with Crippen LogP contribution in [-0.4, -0.2) is 29.7 Å². The van der Waals surface area contributed by atoms with Gasteiger partial charge in [-0.1, -0.05) is 65.3 Å². The summed E-state index contributed by atoms with van der Waals surface area (Å²) in [7, 11) is 0. The Morgan fingerprint density at radius 3 is 2.57 bits per heavy atom. The molecule has 30 heavy (non-hydrogen) atoms. The van der Waals surface area contributed by atoms with Crippen molar-refractivity contribution < 1.29 is 0 Å². The third-order valence-corrected chi connectivity index (χ3v) is 6.23. The molecule has 0 aromatic heterocycles. The molecule has 0 amide bonds. The fourth-order valence-corrected chi connectivity index (χ4v) is 4.62. The van der Waals surface area contributed by atoms with Crippen LogP contribution in [0.2, 0.25) is 5.02 Å². The fraction of sp³-hybridized carbons (Fsp3) is 0.250. The highest BCUT2D eigenvalue weighted by atomic mass is 35.5. The van der Waals surface area contributed by atoms with Gasteiger partial charge in [0.05, 0.1) is 11.4 Å². The standard InChI is InChI=1S/C24H23ClN4O/c25-19-11-8-17(9-12-19)22-24(23(28-30)20-7-4-14-26-20)29-15-18(10-13-21(29)27-22)16-5-2-1-3-6-16/h1-3,5-6,8-13,15,20-21,23,26-27H,4,7,14H2. The summed E-state index contributed by atoms with van der Waals surface area (Å²) in [4.78, 5) is 14.3. The Balaban J connectivity index is 1.61. The van der Waals surface area contributed by atoms with Crippen LogP contribution in [-0.2, 0) is 0 Å². The molecule has 3 unspecified atom stereocenters. The van der Waals surface area contributed by atoms with E-state index in [0.717, 1.165) is 47.5 Å². The molecule has 3 atom stereocenters. The Morgan fingerprint density at radius 2 is 1.87 bits per heavy atom. The summed E-state index contributed by atoms with van der Waals surface area (Å²) >= 11 is 6.11. The molecule has 0 saturated carbocycles. The number of hydrogen-bond acceptors (Lipinski definition) is 5. The van der Waals surface area contributed by atoms with E-state index in [2.05, 4.69) is 51.2 Å². The van der Waals surface area contributed by atoms with E-state index in [4.69, 9.17) is 11.6 Å². The average Bonchev–Trinajstić information content (AvgIpc) is 3.44. The lowest BCUT2D eigenvalue weighted by Crippen LogP contribution is -2.41. The van der Waals surface area contributed by atoms with Gasteiger partial charge in [0.2, 0.25) is 0 Å². The molecule has 5 rings (SSSR count). The Hall–Kier alpha value is -2.89. The van der Waals surface area contributed by atoms with Gasteiger partial charge >= 0.3 is 0 Å². The number of rotatable bonds is 5. The summed E-state index contributed by atoms with van der Waals surface area (Å²) in [5.74, 6) is 0. The SMILES string of the molecule is O=NC(C1=C(c2ccc(Cl)cc2)NC2C=CC(c3ccccc3)=CN12)C1CCCN1. The predicted octanol–water partition coefficient (Wildman–Crippen LogP) is 4.74. The van der Waals surface area contributed by atoms with Crippen molar-refractivity contribution in [3.63, 3.8) is 0 Å². The third-order valence-electron chi connectivity index (χ3n) is 5.98. The Bertz CT molecular complexity index is 1020. The van der Waals surface area contributed by atoms with Crippen molar-refractivity contribution in [2.24, 2.45) is 5.18 Å². The van der Waals surface area contributed by atoms with Crippen molar-refractivity contribution in [1.82, 2.24) is 15.5 Å². The quantitative estimate of drug-likeness (QED) is 0.689. The zero-order valence-electron chi connectivity index (χ0n) is 16.5. The topological polar surface area (TPSA) is 56.7 Å². The van der Waals surface area contributed by atoms with Gasteiger partial charge in [0.15, 0.2) is 0 Å². The molecular formula is C24H23ClN4O. The van der Waals surface area contributed by atoms with Crippen LogP contribution in [0.3, 0.4) is 0 Å². The van der Waals surface area contributed by atoms with Crippen LogP contribution in [0, 0.1) is 4.91 Å². The minimum Gasteiger partial charge on any atom is -0.360 e. The monoisotopic (exact) mass is 418 g/mol. The lowest BCUT2D eigenvalue weighted by atomic mass is 9.98. The number of nitrogens with zero attached hydrogens (tertiary/aromatic N) is 2. The van der Waals surface area contributed by atoms with E-state index in [9.17, 15) is 4.91 Å². The molecule has 2 N–H and O–H groups in total. The number of halogens is 1. The van der Waals surface area contributed by atoms with Crippen molar-refractivity contribution in [2.75, 3.05) is 6.54 Å². The van der Waals surface area contributed by atoms with E-state index in [1.54, 1.807) is 0 Å². The van der Waals surface area contributed by atoms with E-state index >= 15 is 0 Å². The van der Waals surface area contributed by atoms with Crippen molar-refractivity contribution in [3.8, 4) is 0 Å². The number of allylic oxidation sites excluding steroid dienone is 2. The van der Waals surface area contributed by atoms with Crippen LogP contribution in [0.4, 0.5) is 0 Å². The van der Waals surface area contributed by atoms with Crippen LogP contribution in [0.15, 0.2) is 83.8 Å². The number of hydrogen-bond donors (Lipinski definition) is 2. The van der Waals surface area contributed by atoms with Crippen molar-refractivity contribution >= 4 is 22.9 Å². The second kappa shape index (κ2) is 8.09. The molecule has 3 aliphatic rings. The molecule has 152 valence electrons. The summed E-state index contributed by atoms with van der Waals surface area (Å²) in [6, 6.07) is 17.6. The highest BCUT2D eigenvalue weighted by molar-refractivity contribution is 6.30. The molecule has 2 aromatic rings. The molecule has 0 bridgehead atoms. The second-order valence-corrected chi connectivity index (χ2v) is 8.26. The first kappa shape index (κ1) is 19.1. The summed E-state index contributed by atoms with van der Waals surface area (Å²) < 4.78 is 0. The van der Waals surface area contributed by atoms with Gasteiger partial charge in [0.1, 0.15) is 12.2 Å². The molecule has 2 aromatic carbocycles. The van der Waals surface area contributed by atoms with Crippen LogP contribution in [0.25, 0.3) is 11.3 Å². The van der Waals surface area contributed by atoms with Gasteiger partial charge in [-0.15, -0.1) is 0 Å². The molecule has 0 aliphatic carbocycles. The number of nitroso groups, excluding NO2 is 1. The Morgan fingerprint density at radius 1 is 1.07 bits per heavy atom. The highest BCUT2D eigenvalue weighted by Gasteiger charge is 2.40. The molecule has 1 fully saturated rings. The van der Waals surface area contributed by atoms with Gasteiger partial charge in [-0.05, 0) is 54.3 Å². The first-order chi connectivity index (χ1) is 14.7. The maximum atomic E-state index is 12.1. The predicted molar refractivity (Wildman–Crippen MR) is 121 cm³/mol. The first-order valence-electron chi connectivity index (χ1n) is 10.3. The maximum Gasteiger partial charge on any atom is 0.149 e. The lowest BCUT2D eigenvalue weighted by molar-refractivity contribution is 0.359. The Labute approximate surface area is 181 Å². The van der Waals surface area contributed by atoms with Crippen molar-refractivity contribution in [1.29, 1.82) is 0 Å². The minimum atomic E-state index is -0.476. The van der Waals surface area contributed by atoms with Gasteiger partial charge in [-0.25, -0.2) is 0 Å². The first-order valence-corrected chi connectivity index (χ1v) is 10.7. The van der Waals surface area contributed by atoms with Gasteiger partial charge in [0, 0.05) is 17.3 Å². The maximum absolute atomic E-state index is 12.1. The number of nitrogens with one attached hydrogen (secondary N) is 2. The van der Waals surface area contributed by atoms with Crippen LogP contribution < -0.4 is 10.6 Å². The molecule has 3 aliphatic heterocycles. The largest absolute Gasteiger partial charge is 0.360 e. The summed E-state index contributed by atoms with van der Waals surface area (Å²) in [5, 5.41) is 11.3. The average molecular weight is 419 g/mol.